The van der Waals surface area contributed by atoms with Crippen molar-refractivity contribution in [3.8, 4) is 0 Å². The van der Waals surface area contributed by atoms with Gasteiger partial charge in [0.2, 0.25) is 0 Å². The van der Waals surface area contributed by atoms with Crippen LogP contribution in [0.1, 0.15) is 16.7 Å². The molecule has 2 aromatic carbocycles. The van der Waals surface area contributed by atoms with Gasteiger partial charge in [0.15, 0.2) is 5.11 Å². The molecule has 0 atom stereocenters. The second-order valence-electron chi connectivity index (χ2n) is 5.07. The van der Waals surface area contributed by atoms with Crippen LogP contribution in [0.15, 0.2) is 48.5 Å². The van der Waals surface area contributed by atoms with E-state index in [1.807, 2.05) is 30.1 Å². The first-order chi connectivity index (χ1) is 9.56. The van der Waals surface area contributed by atoms with Gasteiger partial charge in [0.05, 0.1) is 0 Å². The third kappa shape index (κ3) is 3.81. The van der Waals surface area contributed by atoms with Crippen LogP contribution < -0.4 is 5.32 Å². The van der Waals surface area contributed by atoms with Gasteiger partial charge in [0, 0.05) is 19.3 Å². The summed E-state index contributed by atoms with van der Waals surface area (Å²) in [5.74, 6) is 0. The van der Waals surface area contributed by atoms with Crippen LogP contribution in [-0.4, -0.2) is 17.1 Å². The van der Waals surface area contributed by atoms with Crippen LogP contribution in [0.5, 0.6) is 0 Å². The summed E-state index contributed by atoms with van der Waals surface area (Å²) in [7, 11) is 2.00. The maximum Gasteiger partial charge on any atom is 0.173 e. The lowest BCUT2D eigenvalue weighted by Gasteiger charge is -2.21. The molecule has 2 aromatic rings. The molecule has 0 aromatic heterocycles. The van der Waals surface area contributed by atoms with Gasteiger partial charge in [-0.1, -0.05) is 36.4 Å². The van der Waals surface area contributed by atoms with E-state index in [-0.39, 0.29) is 0 Å². The van der Waals surface area contributed by atoms with Crippen molar-refractivity contribution in [1.82, 2.24) is 4.90 Å². The van der Waals surface area contributed by atoms with Gasteiger partial charge < -0.3 is 10.2 Å². The Morgan fingerprint density at radius 3 is 2.40 bits per heavy atom. The maximum absolute atomic E-state index is 5.45. The van der Waals surface area contributed by atoms with Crippen molar-refractivity contribution in [3.05, 3.63) is 65.2 Å². The highest BCUT2D eigenvalue weighted by atomic mass is 32.1. The summed E-state index contributed by atoms with van der Waals surface area (Å²) >= 11 is 5.45. The molecule has 0 bridgehead atoms. The number of nitrogens with one attached hydrogen (secondary N) is 1. The monoisotopic (exact) mass is 284 g/mol. The zero-order valence-electron chi connectivity index (χ0n) is 12.2. The lowest BCUT2D eigenvalue weighted by Crippen LogP contribution is -2.30. The standard InChI is InChI=1S/C17H20N2S/c1-13-9-10-16(11-14(13)2)18-17(20)19(3)12-15-7-5-4-6-8-15/h4-11H,12H2,1-3H3,(H,18,20). The van der Waals surface area contributed by atoms with E-state index in [1.54, 1.807) is 0 Å². The Balaban J connectivity index is 1.99. The average molecular weight is 284 g/mol. The molecule has 0 fully saturated rings. The van der Waals surface area contributed by atoms with Gasteiger partial charge >= 0.3 is 0 Å². The molecule has 0 saturated carbocycles. The van der Waals surface area contributed by atoms with E-state index in [1.165, 1.54) is 16.7 Å². The number of benzene rings is 2. The number of hydrogen-bond acceptors (Lipinski definition) is 1. The van der Waals surface area contributed by atoms with Crippen molar-refractivity contribution in [1.29, 1.82) is 0 Å². The van der Waals surface area contributed by atoms with E-state index in [2.05, 4.69) is 49.5 Å². The Labute approximate surface area is 126 Å². The van der Waals surface area contributed by atoms with Crippen LogP contribution in [0.3, 0.4) is 0 Å². The summed E-state index contributed by atoms with van der Waals surface area (Å²) in [6.45, 7) is 5.02. The van der Waals surface area contributed by atoms with Crippen LogP contribution in [-0.2, 0) is 6.54 Å². The molecule has 1 N–H and O–H groups in total. The van der Waals surface area contributed by atoms with Crippen molar-refractivity contribution in [2.75, 3.05) is 12.4 Å². The highest BCUT2D eigenvalue weighted by Crippen LogP contribution is 2.15. The summed E-state index contributed by atoms with van der Waals surface area (Å²) in [5.41, 5.74) is 4.85. The van der Waals surface area contributed by atoms with Crippen LogP contribution in [0, 0.1) is 13.8 Å². The number of thiocarbonyl (C=S) groups is 1. The van der Waals surface area contributed by atoms with Crippen LogP contribution in [0.4, 0.5) is 5.69 Å². The molecule has 0 aliphatic carbocycles. The van der Waals surface area contributed by atoms with E-state index < -0.39 is 0 Å². The van der Waals surface area contributed by atoms with Crippen molar-refractivity contribution in [2.24, 2.45) is 0 Å². The van der Waals surface area contributed by atoms with Crippen LogP contribution in [0.2, 0.25) is 0 Å². The predicted molar refractivity (Wildman–Crippen MR) is 90.0 cm³/mol. The van der Waals surface area contributed by atoms with E-state index in [0.717, 1.165) is 17.3 Å². The first-order valence-electron chi connectivity index (χ1n) is 6.69. The minimum atomic E-state index is 0.733. The third-order valence-electron chi connectivity index (χ3n) is 3.37. The minimum Gasteiger partial charge on any atom is -0.348 e. The van der Waals surface area contributed by atoms with Crippen molar-refractivity contribution in [2.45, 2.75) is 20.4 Å². The molecular weight excluding hydrogens is 264 g/mol. The van der Waals surface area contributed by atoms with Crippen LogP contribution >= 0.6 is 12.2 Å². The summed E-state index contributed by atoms with van der Waals surface area (Å²) in [4.78, 5) is 2.04. The van der Waals surface area contributed by atoms with Crippen LogP contribution in [0.25, 0.3) is 0 Å². The van der Waals surface area contributed by atoms with Gasteiger partial charge in [-0.15, -0.1) is 0 Å². The topological polar surface area (TPSA) is 15.3 Å². The largest absolute Gasteiger partial charge is 0.348 e. The zero-order valence-corrected chi connectivity index (χ0v) is 13.0. The quantitative estimate of drug-likeness (QED) is 0.853. The molecule has 0 aliphatic heterocycles. The molecule has 104 valence electrons. The minimum absolute atomic E-state index is 0.733. The van der Waals surface area contributed by atoms with Gasteiger partial charge in [0.25, 0.3) is 0 Å². The molecule has 0 radical (unpaired) electrons. The van der Waals surface area contributed by atoms with Gasteiger partial charge in [-0.05, 0) is 54.9 Å². The SMILES string of the molecule is Cc1ccc(NC(=S)N(C)Cc2ccccc2)cc1C. The lowest BCUT2D eigenvalue weighted by molar-refractivity contribution is 0.508. The Hall–Kier alpha value is -1.87. The van der Waals surface area contributed by atoms with Gasteiger partial charge in [-0.25, -0.2) is 0 Å². The number of hydrogen-bond donors (Lipinski definition) is 1. The fraction of sp³-hybridized carbons (Fsp3) is 0.235. The normalized spacial score (nSPS) is 10.2. The fourth-order valence-electron chi connectivity index (χ4n) is 1.97. The zero-order chi connectivity index (χ0) is 14.5. The Kier molecular flexibility index (Phi) is 4.74. The smallest absolute Gasteiger partial charge is 0.173 e. The molecule has 0 amide bonds. The van der Waals surface area contributed by atoms with Gasteiger partial charge in [-0.3, -0.25) is 0 Å². The molecule has 3 heteroatoms. The second-order valence-corrected chi connectivity index (χ2v) is 5.46. The van der Waals surface area contributed by atoms with E-state index in [0.29, 0.717) is 0 Å². The molecular formula is C17H20N2S. The number of anilines is 1. The molecule has 2 rings (SSSR count). The molecule has 0 heterocycles. The fourth-order valence-corrected chi connectivity index (χ4v) is 2.15. The Morgan fingerprint density at radius 2 is 1.75 bits per heavy atom. The lowest BCUT2D eigenvalue weighted by atomic mass is 10.1. The maximum atomic E-state index is 5.45. The molecule has 0 aliphatic rings. The number of rotatable bonds is 3. The van der Waals surface area contributed by atoms with Gasteiger partial charge in [0.1, 0.15) is 0 Å². The molecule has 20 heavy (non-hydrogen) atoms. The van der Waals surface area contributed by atoms with E-state index >= 15 is 0 Å². The third-order valence-corrected chi connectivity index (χ3v) is 3.78. The summed E-state index contributed by atoms with van der Waals surface area (Å²) in [6, 6.07) is 16.6. The predicted octanol–water partition coefficient (Wildman–Crippen LogP) is 4.13. The highest BCUT2D eigenvalue weighted by molar-refractivity contribution is 7.80. The Morgan fingerprint density at radius 1 is 1.05 bits per heavy atom. The van der Waals surface area contributed by atoms with Crippen molar-refractivity contribution < 1.29 is 0 Å². The Bertz CT molecular complexity index is 593. The first kappa shape index (κ1) is 14.5. The average Bonchev–Trinajstić information content (AvgIpc) is 2.44. The molecule has 0 saturated heterocycles. The molecule has 0 unspecified atom stereocenters. The summed E-state index contributed by atoms with van der Waals surface area (Å²) in [6.07, 6.45) is 0. The second kappa shape index (κ2) is 6.53. The highest BCUT2D eigenvalue weighted by Gasteiger charge is 2.06. The summed E-state index contributed by atoms with van der Waals surface area (Å²) in [5, 5.41) is 4.02. The molecule has 2 nitrogen and oxygen atoms in total. The van der Waals surface area contributed by atoms with Crippen molar-refractivity contribution >= 4 is 23.0 Å². The first-order valence-corrected chi connectivity index (χ1v) is 7.10. The summed E-state index contributed by atoms with van der Waals surface area (Å²) < 4.78 is 0. The van der Waals surface area contributed by atoms with Gasteiger partial charge in [-0.2, -0.15) is 0 Å². The molecule has 0 spiro atoms. The van der Waals surface area contributed by atoms with Crippen molar-refractivity contribution in [3.63, 3.8) is 0 Å². The number of nitrogens with zero attached hydrogens (tertiary/aromatic N) is 1. The van der Waals surface area contributed by atoms with E-state index in [4.69, 9.17) is 12.2 Å². The number of aryl methyl sites for hydroxylation is 2. The van der Waals surface area contributed by atoms with E-state index in [9.17, 15) is 0 Å².